The monoisotopic (exact) mass is 280 g/mol. The van der Waals surface area contributed by atoms with E-state index in [0.717, 1.165) is 34.7 Å². The Morgan fingerprint density at radius 1 is 1.19 bits per heavy atom. The Kier molecular flexibility index (Phi) is 2.37. The first-order valence-corrected chi connectivity index (χ1v) is 7.01. The van der Waals surface area contributed by atoms with Crippen molar-refractivity contribution in [2.24, 2.45) is 0 Å². The Morgan fingerprint density at radius 2 is 1.95 bits per heavy atom. The van der Waals surface area contributed by atoms with E-state index in [4.69, 9.17) is 4.42 Å². The number of rotatable bonds is 1. The minimum absolute atomic E-state index is 0.121. The molecule has 0 atom stereocenters. The standard InChI is InChI=1S/C16H16N4O/c1-9-17-6-10(7-18-9)15-20-13-4-11-12(5-14(13)21-15)19-8-16(11,2)3/h4-7,19H,8H2,1-3H3. The summed E-state index contributed by atoms with van der Waals surface area (Å²) in [5, 5.41) is 3.43. The van der Waals surface area contributed by atoms with Gasteiger partial charge in [0, 0.05) is 36.1 Å². The summed E-state index contributed by atoms with van der Waals surface area (Å²) >= 11 is 0. The van der Waals surface area contributed by atoms with Crippen LogP contribution in [0.15, 0.2) is 28.9 Å². The lowest BCUT2D eigenvalue weighted by Crippen LogP contribution is -2.18. The molecule has 3 aromatic rings. The summed E-state index contributed by atoms with van der Waals surface area (Å²) in [6.07, 6.45) is 3.48. The van der Waals surface area contributed by atoms with Gasteiger partial charge >= 0.3 is 0 Å². The van der Waals surface area contributed by atoms with Crippen molar-refractivity contribution in [1.82, 2.24) is 15.0 Å². The highest BCUT2D eigenvalue weighted by molar-refractivity contribution is 5.83. The summed E-state index contributed by atoms with van der Waals surface area (Å²) in [5.41, 5.74) is 5.00. The third-order valence-electron chi connectivity index (χ3n) is 4.01. The van der Waals surface area contributed by atoms with E-state index < -0.39 is 0 Å². The molecule has 1 aromatic carbocycles. The molecule has 5 heteroatoms. The fourth-order valence-electron chi connectivity index (χ4n) is 2.72. The average Bonchev–Trinajstić information content (AvgIpc) is 2.99. The van der Waals surface area contributed by atoms with Gasteiger partial charge in [0.15, 0.2) is 5.58 Å². The number of oxazole rings is 1. The van der Waals surface area contributed by atoms with Gasteiger partial charge in [-0.25, -0.2) is 15.0 Å². The highest BCUT2D eigenvalue weighted by Gasteiger charge is 2.30. The second-order valence-electron chi connectivity index (χ2n) is 6.14. The molecule has 0 spiro atoms. The molecule has 0 bridgehead atoms. The summed E-state index contributed by atoms with van der Waals surface area (Å²) in [6.45, 7) is 7.25. The third-order valence-corrected chi connectivity index (χ3v) is 4.01. The molecular formula is C16H16N4O. The van der Waals surface area contributed by atoms with Crippen molar-refractivity contribution in [2.75, 3.05) is 11.9 Å². The van der Waals surface area contributed by atoms with Crippen molar-refractivity contribution in [3.8, 4) is 11.5 Å². The number of nitrogens with zero attached hydrogens (tertiary/aromatic N) is 3. The fourth-order valence-corrected chi connectivity index (χ4v) is 2.72. The SMILES string of the molecule is Cc1ncc(-c2nc3cc4c(cc3o2)NCC4(C)C)cn1. The van der Waals surface area contributed by atoms with Crippen LogP contribution in [-0.4, -0.2) is 21.5 Å². The molecule has 0 saturated carbocycles. The third kappa shape index (κ3) is 1.88. The van der Waals surface area contributed by atoms with Crippen LogP contribution in [0.4, 0.5) is 5.69 Å². The first kappa shape index (κ1) is 12.3. The van der Waals surface area contributed by atoms with Crippen LogP contribution >= 0.6 is 0 Å². The van der Waals surface area contributed by atoms with Crippen molar-refractivity contribution in [1.29, 1.82) is 0 Å². The molecule has 0 unspecified atom stereocenters. The van der Waals surface area contributed by atoms with Crippen LogP contribution in [0.5, 0.6) is 0 Å². The summed E-state index contributed by atoms with van der Waals surface area (Å²) in [7, 11) is 0. The molecule has 1 N–H and O–H groups in total. The number of nitrogens with one attached hydrogen (secondary N) is 1. The van der Waals surface area contributed by atoms with E-state index in [1.807, 2.05) is 13.0 Å². The predicted molar refractivity (Wildman–Crippen MR) is 81.3 cm³/mol. The lowest BCUT2D eigenvalue weighted by molar-refractivity contribution is 0.586. The molecule has 106 valence electrons. The van der Waals surface area contributed by atoms with Crippen molar-refractivity contribution in [2.45, 2.75) is 26.2 Å². The van der Waals surface area contributed by atoms with Crippen LogP contribution in [0.1, 0.15) is 25.2 Å². The molecule has 0 saturated heterocycles. The molecule has 0 aliphatic carbocycles. The fraction of sp³-hybridized carbons (Fsp3) is 0.312. The van der Waals surface area contributed by atoms with Gasteiger partial charge in [-0.05, 0) is 18.6 Å². The van der Waals surface area contributed by atoms with E-state index in [1.54, 1.807) is 12.4 Å². The number of fused-ring (bicyclic) bond motifs is 2. The smallest absolute Gasteiger partial charge is 0.230 e. The van der Waals surface area contributed by atoms with Crippen LogP contribution in [0.3, 0.4) is 0 Å². The Morgan fingerprint density at radius 3 is 2.71 bits per heavy atom. The molecule has 2 aromatic heterocycles. The molecule has 3 heterocycles. The average molecular weight is 280 g/mol. The van der Waals surface area contributed by atoms with Crippen molar-refractivity contribution in [3.05, 3.63) is 35.9 Å². The van der Waals surface area contributed by atoms with Gasteiger partial charge in [0.05, 0.1) is 5.56 Å². The van der Waals surface area contributed by atoms with Gasteiger partial charge in [0.2, 0.25) is 5.89 Å². The van der Waals surface area contributed by atoms with Gasteiger partial charge in [0.1, 0.15) is 11.3 Å². The Hall–Kier alpha value is -2.43. The van der Waals surface area contributed by atoms with Gasteiger partial charge in [0.25, 0.3) is 0 Å². The molecule has 5 nitrogen and oxygen atoms in total. The lowest BCUT2D eigenvalue weighted by atomic mass is 9.87. The van der Waals surface area contributed by atoms with Crippen LogP contribution in [0, 0.1) is 6.92 Å². The zero-order valence-electron chi connectivity index (χ0n) is 12.3. The van der Waals surface area contributed by atoms with Crippen LogP contribution in [0.2, 0.25) is 0 Å². The maximum absolute atomic E-state index is 5.86. The van der Waals surface area contributed by atoms with Crippen LogP contribution in [-0.2, 0) is 5.41 Å². The van der Waals surface area contributed by atoms with E-state index in [1.165, 1.54) is 5.56 Å². The van der Waals surface area contributed by atoms with Crippen molar-refractivity contribution < 1.29 is 4.42 Å². The van der Waals surface area contributed by atoms with E-state index in [2.05, 4.69) is 40.2 Å². The summed E-state index contributed by atoms with van der Waals surface area (Å²) in [4.78, 5) is 13.0. The van der Waals surface area contributed by atoms with Gasteiger partial charge in [-0.2, -0.15) is 0 Å². The minimum atomic E-state index is 0.121. The number of aryl methyl sites for hydroxylation is 1. The number of hydrogen-bond acceptors (Lipinski definition) is 5. The molecule has 0 radical (unpaired) electrons. The Balaban J connectivity index is 1.86. The first-order valence-electron chi connectivity index (χ1n) is 7.01. The second-order valence-corrected chi connectivity index (χ2v) is 6.14. The summed E-state index contributed by atoms with van der Waals surface area (Å²) in [5.74, 6) is 1.30. The zero-order valence-corrected chi connectivity index (χ0v) is 12.3. The van der Waals surface area contributed by atoms with Gasteiger partial charge in [-0.1, -0.05) is 13.8 Å². The van der Waals surface area contributed by atoms with E-state index in [0.29, 0.717) is 5.89 Å². The number of aromatic nitrogens is 3. The largest absolute Gasteiger partial charge is 0.436 e. The van der Waals surface area contributed by atoms with Gasteiger partial charge in [-0.15, -0.1) is 0 Å². The zero-order chi connectivity index (χ0) is 14.6. The van der Waals surface area contributed by atoms with Crippen LogP contribution in [0.25, 0.3) is 22.6 Å². The van der Waals surface area contributed by atoms with E-state index in [-0.39, 0.29) is 5.41 Å². The highest BCUT2D eigenvalue weighted by atomic mass is 16.3. The minimum Gasteiger partial charge on any atom is -0.436 e. The molecule has 1 aliphatic rings. The summed E-state index contributed by atoms with van der Waals surface area (Å²) < 4.78 is 5.86. The second kappa shape index (κ2) is 4.04. The topological polar surface area (TPSA) is 63.8 Å². The predicted octanol–water partition coefficient (Wildman–Crippen LogP) is 3.30. The number of hydrogen-bond donors (Lipinski definition) is 1. The first-order chi connectivity index (χ1) is 10.0. The molecule has 0 amide bonds. The quantitative estimate of drug-likeness (QED) is 0.741. The molecule has 21 heavy (non-hydrogen) atoms. The van der Waals surface area contributed by atoms with E-state index >= 15 is 0 Å². The molecule has 0 fully saturated rings. The van der Waals surface area contributed by atoms with Gasteiger partial charge < -0.3 is 9.73 Å². The molecule has 4 rings (SSSR count). The van der Waals surface area contributed by atoms with Gasteiger partial charge in [-0.3, -0.25) is 0 Å². The number of anilines is 1. The normalized spacial score (nSPS) is 16.0. The van der Waals surface area contributed by atoms with E-state index in [9.17, 15) is 0 Å². The maximum Gasteiger partial charge on any atom is 0.230 e. The Labute approximate surface area is 122 Å². The van der Waals surface area contributed by atoms with Crippen molar-refractivity contribution >= 4 is 16.8 Å². The van der Waals surface area contributed by atoms with Crippen LogP contribution < -0.4 is 5.32 Å². The summed E-state index contributed by atoms with van der Waals surface area (Å²) in [6, 6.07) is 4.15. The number of benzene rings is 1. The Bertz CT molecular complexity index is 833. The maximum atomic E-state index is 5.86. The molecular weight excluding hydrogens is 264 g/mol. The highest BCUT2D eigenvalue weighted by Crippen LogP contribution is 2.39. The lowest BCUT2D eigenvalue weighted by Gasteiger charge is -2.16. The van der Waals surface area contributed by atoms with Crippen molar-refractivity contribution in [3.63, 3.8) is 0 Å². The molecule has 1 aliphatic heterocycles.